The van der Waals surface area contributed by atoms with Gasteiger partial charge in [0.1, 0.15) is 5.75 Å². The van der Waals surface area contributed by atoms with E-state index in [0.29, 0.717) is 6.07 Å². The van der Waals surface area contributed by atoms with Crippen molar-refractivity contribution in [2.75, 3.05) is 0 Å². The average molecular weight is 262 g/mol. The van der Waals surface area contributed by atoms with Crippen LogP contribution in [0.2, 0.25) is 0 Å². The Labute approximate surface area is 98.8 Å². The molecule has 0 aromatic heterocycles. The van der Waals surface area contributed by atoms with E-state index in [-0.39, 0.29) is 10.8 Å². The van der Waals surface area contributed by atoms with Gasteiger partial charge in [0.15, 0.2) is 0 Å². The second kappa shape index (κ2) is 4.44. The molecule has 18 heavy (non-hydrogen) atoms. The van der Waals surface area contributed by atoms with Crippen molar-refractivity contribution in [1.29, 1.82) is 0 Å². The number of halogens is 5. The van der Waals surface area contributed by atoms with Gasteiger partial charge in [-0.2, -0.15) is 22.0 Å². The summed E-state index contributed by atoms with van der Waals surface area (Å²) in [7, 11) is 0. The summed E-state index contributed by atoms with van der Waals surface area (Å²) < 4.78 is 66.2. The summed E-state index contributed by atoms with van der Waals surface area (Å²) in [6.07, 6.45) is -4.61. The zero-order chi connectivity index (χ0) is 13.3. The molecule has 0 aliphatic rings. The van der Waals surface area contributed by atoms with E-state index >= 15 is 0 Å². The monoisotopic (exact) mass is 262 g/mol. The highest BCUT2D eigenvalue weighted by molar-refractivity contribution is 5.89. The number of alkyl halides is 5. The van der Waals surface area contributed by atoms with Crippen LogP contribution in [0.15, 0.2) is 36.4 Å². The minimum Gasteiger partial charge on any atom is -0.434 e. The van der Waals surface area contributed by atoms with Gasteiger partial charge in [0, 0.05) is 5.39 Å². The van der Waals surface area contributed by atoms with Gasteiger partial charge in [-0.25, -0.2) is 0 Å². The lowest BCUT2D eigenvalue weighted by Gasteiger charge is -2.13. The summed E-state index contributed by atoms with van der Waals surface area (Å²) in [4.78, 5) is 0. The molecule has 0 heterocycles. The van der Waals surface area contributed by atoms with Crippen LogP contribution in [-0.2, 0) is 6.18 Å². The minimum atomic E-state index is -4.61. The Morgan fingerprint density at radius 2 is 1.67 bits per heavy atom. The van der Waals surface area contributed by atoms with Gasteiger partial charge in [-0.1, -0.05) is 24.3 Å². The number of hydrogen-bond donors (Lipinski definition) is 0. The van der Waals surface area contributed by atoms with Crippen LogP contribution >= 0.6 is 0 Å². The summed E-state index contributed by atoms with van der Waals surface area (Å²) in [5.41, 5.74) is -1.02. The van der Waals surface area contributed by atoms with Crippen LogP contribution in [0, 0.1) is 0 Å². The van der Waals surface area contributed by atoms with E-state index < -0.39 is 24.1 Å². The topological polar surface area (TPSA) is 9.23 Å². The second-order valence-corrected chi connectivity index (χ2v) is 3.57. The van der Waals surface area contributed by atoms with E-state index in [1.54, 1.807) is 0 Å². The molecule has 0 saturated heterocycles. The Kier molecular flexibility index (Phi) is 3.11. The van der Waals surface area contributed by atoms with Gasteiger partial charge in [-0.15, -0.1) is 0 Å². The Balaban J connectivity index is 2.64. The highest BCUT2D eigenvalue weighted by atomic mass is 19.4. The van der Waals surface area contributed by atoms with Gasteiger partial charge in [0.25, 0.3) is 0 Å². The molecule has 2 rings (SSSR count). The maximum absolute atomic E-state index is 12.6. The second-order valence-electron chi connectivity index (χ2n) is 3.57. The number of rotatable bonds is 2. The summed E-state index contributed by atoms with van der Waals surface area (Å²) >= 11 is 0. The van der Waals surface area contributed by atoms with E-state index in [9.17, 15) is 22.0 Å². The highest BCUT2D eigenvalue weighted by Crippen LogP contribution is 2.36. The molecule has 2 aromatic carbocycles. The zero-order valence-corrected chi connectivity index (χ0v) is 8.84. The minimum absolute atomic E-state index is 0.197. The van der Waals surface area contributed by atoms with Crippen molar-refractivity contribution in [1.82, 2.24) is 0 Å². The van der Waals surface area contributed by atoms with Crippen LogP contribution in [0.25, 0.3) is 10.8 Å². The molecule has 0 fully saturated rings. The Morgan fingerprint density at radius 3 is 2.28 bits per heavy atom. The lowest BCUT2D eigenvalue weighted by atomic mass is 10.1. The molecular weight excluding hydrogens is 255 g/mol. The normalized spacial score (nSPS) is 12.1. The van der Waals surface area contributed by atoms with Crippen LogP contribution in [-0.4, -0.2) is 6.61 Å². The fraction of sp³-hybridized carbons (Fsp3) is 0.167. The van der Waals surface area contributed by atoms with Crippen molar-refractivity contribution in [3.8, 4) is 5.75 Å². The van der Waals surface area contributed by atoms with Crippen molar-refractivity contribution in [2.45, 2.75) is 12.8 Å². The fourth-order valence-corrected chi connectivity index (χ4v) is 1.63. The van der Waals surface area contributed by atoms with Gasteiger partial charge in [0.2, 0.25) is 0 Å². The van der Waals surface area contributed by atoms with E-state index in [4.69, 9.17) is 0 Å². The first-order valence-electron chi connectivity index (χ1n) is 4.93. The first-order chi connectivity index (χ1) is 8.38. The first-order valence-corrected chi connectivity index (χ1v) is 4.93. The molecule has 0 amide bonds. The third-order valence-electron chi connectivity index (χ3n) is 2.37. The molecule has 0 unspecified atom stereocenters. The molecule has 2 aromatic rings. The average Bonchev–Trinajstić information content (AvgIpc) is 2.27. The molecular formula is C12H7F5O. The lowest BCUT2D eigenvalue weighted by molar-refractivity contribution is -0.137. The van der Waals surface area contributed by atoms with E-state index in [2.05, 4.69) is 4.74 Å². The van der Waals surface area contributed by atoms with Gasteiger partial charge in [-0.3, -0.25) is 0 Å². The fourth-order valence-electron chi connectivity index (χ4n) is 1.63. The Hall–Kier alpha value is -1.85. The molecule has 0 saturated carbocycles. The molecule has 0 radical (unpaired) electrons. The van der Waals surface area contributed by atoms with E-state index in [0.717, 1.165) is 6.07 Å². The van der Waals surface area contributed by atoms with Crippen molar-refractivity contribution in [2.24, 2.45) is 0 Å². The SMILES string of the molecule is FC(F)Oc1cc(C(F)(F)F)cc2ccccc12. The van der Waals surface area contributed by atoms with Crippen LogP contribution in [0.4, 0.5) is 22.0 Å². The van der Waals surface area contributed by atoms with Crippen molar-refractivity contribution >= 4 is 10.8 Å². The molecule has 0 aliphatic carbocycles. The lowest BCUT2D eigenvalue weighted by Crippen LogP contribution is -2.08. The molecule has 96 valence electrons. The third-order valence-corrected chi connectivity index (χ3v) is 2.37. The molecule has 0 spiro atoms. The van der Waals surface area contributed by atoms with Crippen LogP contribution in [0.1, 0.15) is 5.56 Å². The molecule has 6 heteroatoms. The summed E-state index contributed by atoms with van der Waals surface area (Å²) in [5.74, 6) is -0.476. The third kappa shape index (κ3) is 2.52. The zero-order valence-electron chi connectivity index (χ0n) is 8.84. The van der Waals surface area contributed by atoms with Gasteiger partial charge in [0.05, 0.1) is 5.56 Å². The Bertz CT molecular complexity index is 562. The smallest absolute Gasteiger partial charge is 0.416 e. The predicted molar refractivity (Wildman–Crippen MR) is 55.6 cm³/mol. The van der Waals surface area contributed by atoms with Crippen LogP contribution in [0.3, 0.4) is 0 Å². The standard InChI is InChI=1S/C12H7F5O/c13-11(14)18-10-6-8(12(15,16)17)5-7-3-1-2-4-9(7)10/h1-6,11H. The number of fused-ring (bicyclic) bond motifs is 1. The maximum Gasteiger partial charge on any atom is 0.416 e. The molecule has 0 bridgehead atoms. The molecule has 0 atom stereocenters. The maximum atomic E-state index is 12.6. The van der Waals surface area contributed by atoms with Gasteiger partial charge in [-0.05, 0) is 17.5 Å². The number of benzene rings is 2. The largest absolute Gasteiger partial charge is 0.434 e. The summed E-state index contributed by atoms with van der Waals surface area (Å²) in [5, 5.41) is 0.411. The van der Waals surface area contributed by atoms with Crippen LogP contribution < -0.4 is 4.74 Å². The van der Waals surface area contributed by atoms with Crippen LogP contribution in [0.5, 0.6) is 5.75 Å². The van der Waals surface area contributed by atoms with Gasteiger partial charge < -0.3 is 4.74 Å². The van der Waals surface area contributed by atoms with E-state index in [1.807, 2.05) is 0 Å². The first kappa shape index (κ1) is 12.6. The predicted octanol–water partition coefficient (Wildman–Crippen LogP) is 4.46. The quantitative estimate of drug-likeness (QED) is 0.726. The van der Waals surface area contributed by atoms with Crippen molar-refractivity contribution in [3.63, 3.8) is 0 Å². The Morgan fingerprint density at radius 1 is 1.00 bits per heavy atom. The summed E-state index contributed by atoms with van der Waals surface area (Å²) in [6, 6.07) is 7.36. The molecule has 0 aliphatic heterocycles. The molecule has 0 N–H and O–H groups in total. The number of hydrogen-bond acceptors (Lipinski definition) is 1. The van der Waals surface area contributed by atoms with E-state index in [1.165, 1.54) is 24.3 Å². The highest BCUT2D eigenvalue weighted by Gasteiger charge is 2.31. The number of ether oxygens (including phenoxy) is 1. The molecule has 1 nitrogen and oxygen atoms in total. The van der Waals surface area contributed by atoms with Crippen molar-refractivity contribution < 1.29 is 26.7 Å². The summed E-state index contributed by atoms with van der Waals surface area (Å²) in [6.45, 7) is -3.17. The van der Waals surface area contributed by atoms with Crippen molar-refractivity contribution in [3.05, 3.63) is 42.0 Å². The van der Waals surface area contributed by atoms with Gasteiger partial charge >= 0.3 is 12.8 Å².